The molecular weight excluding hydrogens is 348 g/mol. The molecule has 1 aliphatic heterocycles. The van der Waals surface area contributed by atoms with E-state index in [9.17, 15) is 14.4 Å². The van der Waals surface area contributed by atoms with Crippen molar-refractivity contribution in [3.8, 4) is 0 Å². The Morgan fingerprint density at radius 1 is 1.00 bits per heavy atom. The van der Waals surface area contributed by atoms with E-state index in [1.54, 1.807) is 36.0 Å². The summed E-state index contributed by atoms with van der Waals surface area (Å²) in [4.78, 5) is 38.5. The Balaban J connectivity index is 1.52. The molecule has 1 heterocycles. The van der Waals surface area contributed by atoms with Gasteiger partial charge in [0.1, 0.15) is 0 Å². The van der Waals surface area contributed by atoms with Gasteiger partial charge in [-0.15, -0.1) is 11.8 Å². The summed E-state index contributed by atoms with van der Waals surface area (Å²) in [6.07, 6.45) is 1.33. The van der Waals surface area contributed by atoms with Crippen LogP contribution in [-0.2, 0) is 4.79 Å². The van der Waals surface area contributed by atoms with E-state index in [4.69, 9.17) is 0 Å². The average molecular weight is 368 g/mol. The highest BCUT2D eigenvalue weighted by molar-refractivity contribution is 7.99. The molecular formula is C20H20N2O3S. The lowest BCUT2D eigenvalue weighted by atomic mass is 10.1. The molecule has 0 aliphatic carbocycles. The lowest BCUT2D eigenvalue weighted by molar-refractivity contribution is -0.116. The number of nitrogens with one attached hydrogen (secondary N) is 1. The van der Waals surface area contributed by atoms with Gasteiger partial charge in [-0.2, -0.15) is 0 Å². The Kier molecular flexibility index (Phi) is 5.73. The first-order chi connectivity index (χ1) is 12.6. The second-order valence-electron chi connectivity index (χ2n) is 5.98. The molecule has 0 saturated heterocycles. The van der Waals surface area contributed by atoms with Crippen LogP contribution in [0.15, 0.2) is 53.4 Å². The van der Waals surface area contributed by atoms with Crippen LogP contribution in [0.4, 0.5) is 5.69 Å². The van der Waals surface area contributed by atoms with Gasteiger partial charge in [-0.05, 0) is 42.8 Å². The van der Waals surface area contributed by atoms with Crippen molar-refractivity contribution in [2.75, 3.05) is 17.6 Å². The molecule has 0 unspecified atom stereocenters. The first-order valence-corrected chi connectivity index (χ1v) is 9.56. The van der Waals surface area contributed by atoms with Gasteiger partial charge in [0.15, 0.2) is 0 Å². The smallest absolute Gasteiger partial charge is 0.261 e. The number of imide groups is 1. The van der Waals surface area contributed by atoms with Crippen molar-refractivity contribution < 1.29 is 14.4 Å². The molecule has 3 rings (SSSR count). The standard InChI is InChI=1S/C20H20N2O3S/c1-2-5-18(23)21-14-8-10-15(11-9-14)26-13-12-22-19(24)16-6-3-4-7-17(16)20(22)25/h3-4,6-11H,2,5,12-13H2,1H3,(H,21,23). The fourth-order valence-electron chi connectivity index (χ4n) is 2.78. The van der Waals surface area contributed by atoms with Gasteiger partial charge < -0.3 is 5.32 Å². The molecule has 2 aromatic rings. The highest BCUT2D eigenvalue weighted by Gasteiger charge is 2.34. The third-order valence-corrected chi connectivity index (χ3v) is 5.07. The van der Waals surface area contributed by atoms with E-state index in [0.717, 1.165) is 17.0 Å². The van der Waals surface area contributed by atoms with Crippen LogP contribution in [0, 0.1) is 0 Å². The third-order valence-electron chi connectivity index (χ3n) is 4.08. The number of rotatable bonds is 7. The molecule has 134 valence electrons. The van der Waals surface area contributed by atoms with Crippen molar-refractivity contribution in [1.82, 2.24) is 4.90 Å². The Hall–Kier alpha value is -2.60. The molecule has 1 aliphatic rings. The summed E-state index contributed by atoms with van der Waals surface area (Å²) in [5, 5.41) is 2.85. The van der Waals surface area contributed by atoms with Gasteiger partial charge in [-0.25, -0.2) is 0 Å². The molecule has 0 radical (unpaired) electrons. The maximum atomic E-state index is 12.3. The van der Waals surface area contributed by atoms with Crippen molar-refractivity contribution in [2.45, 2.75) is 24.7 Å². The lowest BCUT2D eigenvalue weighted by Crippen LogP contribution is -2.31. The number of nitrogens with zero attached hydrogens (tertiary/aromatic N) is 1. The number of carbonyl (C=O) groups is 3. The minimum absolute atomic E-state index is 0.0125. The molecule has 5 nitrogen and oxygen atoms in total. The van der Waals surface area contributed by atoms with Crippen LogP contribution in [0.25, 0.3) is 0 Å². The first kappa shape index (κ1) is 18.2. The molecule has 26 heavy (non-hydrogen) atoms. The first-order valence-electron chi connectivity index (χ1n) is 8.58. The highest BCUT2D eigenvalue weighted by Crippen LogP contribution is 2.25. The SMILES string of the molecule is CCCC(=O)Nc1ccc(SCCN2C(=O)c3ccccc3C2=O)cc1. The van der Waals surface area contributed by atoms with Crippen molar-refractivity contribution >= 4 is 35.2 Å². The number of amides is 3. The maximum Gasteiger partial charge on any atom is 0.261 e. The second-order valence-corrected chi connectivity index (χ2v) is 7.15. The van der Waals surface area contributed by atoms with E-state index in [2.05, 4.69) is 5.32 Å². The zero-order valence-corrected chi connectivity index (χ0v) is 15.3. The van der Waals surface area contributed by atoms with Crippen molar-refractivity contribution in [2.24, 2.45) is 0 Å². The van der Waals surface area contributed by atoms with Crippen LogP contribution in [0.5, 0.6) is 0 Å². The average Bonchev–Trinajstić information content (AvgIpc) is 2.88. The van der Waals surface area contributed by atoms with Gasteiger partial charge in [0.05, 0.1) is 11.1 Å². The Bertz CT molecular complexity index is 798. The topological polar surface area (TPSA) is 66.5 Å². The molecule has 1 N–H and O–H groups in total. The number of fused-ring (bicyclic) bond motifs is 1. The summed E-state index contributed by atoms with van der Waals surface area (Å²) in [6, 6.07) is 14.5. The lowest BCUT2D eigenvalue weighted by Gasteiger charge is -2.13. The van der Waals surface area contributed by atoms with Crippen LogP contribution in [0.1, 0.15) is 40.5 Å². The molecule has 6 heteroatoms. The number of anilines is 1. The van der Waals surface area contributed by atoms with Crippen LogP contribution >= 0.6 is 11.8 Å². The zero-order valence-electron chi connectivity index (χ0n) is 14.5. The predicted octanol–water partition coefficient (Wildman–Crippen LogP) is 3.81. The van der Waals surface area contributed by atoms with Gasteiger partial charge in [0.25, 0.3) is 11.8 Å². The summed E-state index contributed by atoms with van der Waals surface area (Å²) < 4.78 is 0. The van der Waals surface area contributed by atoms with Gasteiger partial charge in [0.2, 0.25) is 5.91 Å². The summed E-state index contributed by atoms with van der Waals surface area (Å²) in [6.45, 7) is 2.33. The summed E-state index contributed by atoms with van der Waals surface area (Å²) in [5.41, 5.74) is 1.73. The summed E-state index contributed by atoms with van der Waals surface area (Å²) in [5.74, 6) is 0.186. The van der Waals surface area contributed by atoms with E-state index >= 15 is 0 Å². The minimum Gasteiger partial charge on any atom is -0.326 e. The Labute approximate surface area is 156 Å². The van der Waals surface area contributed by atoms with Gasteiger partial charge in [-0.1, -0.05) is 19.1 Å². The van der Waals surface area contributed by atoms with Gasteiger partial charge >= 0.3 is 0 Å². The maximum absolute atomic E-state index is 12.3. The number of thioether (sulfide) groups is 1. The zero-order chi connectivity index (χ0) is 18.5. The normalized spacial score (nSPS) is 13.0. The molecule has 2 aromatic carbocycles. The number of benzene rings is 2. The molecule has 3 amide bonds. The van der Waals surface area contributed by atoms with Crippen LogP contribution < -0.4 is 5.32 Å². The van der Waals surface area contributed by atoms with Crippen molar-refractivity contribution in [1.29, 1.82) is 0 Å². The molecule has 0 saturated carbocycles. The predicted molar refractivity (Wildman–Crippen MR) is 103 cm³/mol. The summed E-state index contributed by atoms with van der Waals surface area (Å²) >= 11 is 1.57. The fraction of sp³-hybridized carbons (Fsp3) is 0.250. The van der Waals surface area contributed by atoms with E-state index in [0.29, 0.717) is 29.8 Å². The fourth-order valence-corrected chi connectivity index (χ4v) is 3.62. The molecule has 0 aromatic heterocycles. The van der Waals surface area contributed by atoms with Crippen LogP contribution in [0.3, 0.4) is 0 Å². The number of hydrogen-bond acceptors (Lipinski definition) is 4. The quantitative estimate of drug-likeness (QED) is 0.596. The van der Waals surface area contributed by atoms with Gasteiger partial charge in [-0.3, -0.25) is 19.3 Å². The van der Waals surface area contributed by atoms with Crippen molar-refractivity contribution in [3.05, 3.63) is 59.7 Å². The molecule has 0 bridgehead atoms. The third kappa shape index (κ3) is 3.96. The summed E-state index contributed by atoms with van der Waals surface area (Å²) in [7, 11) is 0. The van der Waals surface area contributed by atoms with Crippen LogP contribution in [-0.4, -0.2) is 34.9 Å². The van der Waals surface area contributed by atoms with Crippen molar-refractivity contribution in [3.63, 3.8) is 0 Å². The van der Waals surface area contributed by atoms with E-state index in [1.807, 2.05) is 31.2 Å². The van der Waals surface area contributed by atoms with E-state index in [-0.39, 0.29) is 17.7 Å². The molecule has 0 fully saturated rings. The number of carbonyl (C=O) groups excluding carboxylic acids is 3. The van der Waals surface area contributed by atoms with E-state index in [1.165, 1.54) is 4.90 Å². The monoisotopic (exact) mass is 368 g/mol. The molecule has 0 atom stereocenters. The Morgan fingerprint density at radius 2 is 1.62 bits per heavy atom. The second kappa shape index (κ2) is 8.19. The van der Waals surface area contributed by atoms with Gasteiger partial charge in [0, 0.05) is 29.3 Å². The largest absolute Gasteiger partial charge is 0.326 e. The number of hydrogen-bond donors (Lipinski definition) is 1. The Morgan fingerprint density at radius 3 is 2.19 bits per heavy atom. The minimum atomic E-state index is -0.222. The van der Waals surface area contributed by atoms with Crippen LogP contribution in [0.2, 0.25) is 0 Å². The highest BCUT2D eigenvalue weighted by atomic mass is 32.2. The molecule has 0 spiro atoms. The van der Waals surface area contributed by atoms with E-state index < -0.39 is 0 Å².